The summed E-state index contributed by atoms with van der Waals surface area (Å²) in [7, 11) is 0. The normalized spacial score (nSPS) is 11.7. The number of carboxylic acid groups (broad SMARTS) is 1. The van der Waals surface area contributed by atoms with E-state index in [0.29, 0.717) is 12.0 Å². The van der Waals surface area contributed by atoms with Gasteiger partial charge in [-0.1, -0.05) is 19.8 Å². The van der Waals surface area contributed by atoms with Crippen molar-refractivity contribution < 1.29 is 19.5 Å². The summed E-state index contributed by atoms with van der Waals surface area (Å²) in [5.41, 5.74) is 5.68. The maximum absolute atomic E-state index is 11.9. The SMILES string of the molecule is CCCCC(NC(=O)c1ccc(C(N)=O)cc1)C(=O)O. The summed E-state index contributed by atoms with van der Waals surface area (Å²) in [5.74, 6) is -2.12. The van der Waals surface area contributed by atoms with E-state index in [2.05, 4.69) is 5.32 Å². The van der Waals surface area contributed by atoms with Crippen molar-refractivity contribution in [3.63, 3.8) is 0 Å². The number of carbonyl (C=O) groups is 3. The number of hydrogen-bond donors (Lipinski definition) is 3. The van der Waals surface area contributed by atoms with Crippen LogP contribution in [0.3, 0.4) is 0 Å². The number of benzene rings is 1. The maximum atomic E-state index is 11.9. The summed E-state index contributed by atoms with van der Waals surface area (Å²) in [5, 5.41) is 11.5. The first kappa shape index (κ1) is 15.7. The first-order chi connectivity index (χ1) is 9.45. The zero-order valence-electron chi connectivity index (χ0n) is 11.3. The Morgan fingerprint density at radius 1 is 1.20 bits per heavy atom. The minimum atomic E-state index is -1.06. The van der Waals surface area contributed by atoms with Crippen molar-refractivity contribution in [1.29, 1.82) is 0 Å². The van der Waals surface area contributed by atoms with Crippen molar-refractivity contribution in [2.45, 2.75) is 32.2 Å². The Morgan fingerprint density at radius 3 is 2.20 bits per heavy atom. The largest absolute Gasteiger partial charge is 0.480 e. The number of rotatable bonds is 7. The van der Waals surface area contributed by atoms with Crippen molar-refractivity contribution in [1.82, 2.24) is 5.32 Å². The van der Waals surface area contributed by atoms with E-state index in [1.54, 1.807) is 0 Å². The van der Waals surface area contributed by atoms with Crippen LogP contribution in [0.25, 0.3) is 0 Å². The first-order valence-electron chi connectivity index (χ1n) is 6.39. The molecule has 4 N–H and O–H groups in total. The van der Waals surface area contributed by atoms with Gasteiger partial charge >= 0.3 is 5.97 Å². The lowest BCUT2D eigenvalue weighted by Gasteiger charge is -2.14. The van der Waals surface area contributed by atoms with E-state index in [1.807, 2.05) is 6.92 Å². The third-order valence-electron chi connectivity index (χ3n) is 2.88. The summed E-state index contributed by atoms with van der Waals surface area (Å²) < 4.78 is 0. The summed E-state index contributed by atoms with van der Waals surface area (Å²) in [6.07, 6.45) is 1.96. The summed E-state index contributed by atoms with van der Waals surface area (Å²) in [6.45, 7) is 1.95. The van der Waals surface area contributed by atoms with Crippen molar-refractivity contribution in [2.24, 2.45) is 5.73 Å². The molecule has 1 atom stereocenters. The topological polar surface area (TPSA) is 109 Å². The van der Waals surface area contributed by atoms with Gasteiger partial charge in [0.1, 0.15) is 6.04 Å². The van der Waals surface area contributed by atoms with Crippen LogP contribution in [-0.2, 0) is 4.79 Å². The summed E-state index contributed by atoms with van der Waals surface area (Å²) in [6, 6.07) is 4.83. The number of carbonyl (C=O) groups excluding carboxylic acids is 2. The van der Waals surface area contributed by atoms with Gasteiger partial charge in [-0.3, -0.25) is 9.59 Å². The molecule has 6 heteroatoms. The molecule has 0 spiro atoms. The summed E-state index contributed by atoms with van der Waals surface area (Å²) >= 11 is 0. The average Bonchev–Trinajstić information content (AvgIpc) is 2.42. The van der Waals surface area contributed by atoms with E-state index in [-0.39, 0.29) is 5.56 Å². The van der Waals surface area contributed by atoms with E-state index < -0.39 is 23.8 Å². The lowest BCUT2D eigenvalue weighted by atomic mass is 10.1. The number of amides is 2. The molecule has 1 aromatic carbocycles. The van der Waals surface area contributed by atoms with Crippen molar-refractivity contribution >= 4 is 17.8 Å². The van der Waals surface area contributed by atoms with Gasteiger partial charge in [0, 0.05) is 11.1 Å². The van der Waals surface area contributed by atoms with Crippen LogP contribution >= 0.6 is 0 Å². The van der Waals surface area contributed by atoms with E-state index in [4.69, 9.17) is 10.8 Å². The number of nitrogens with two attached hydrogens (primary N) is 1. The second-order valence-electron chi connectivity index (χ2n) is 4.45. The monoisotopic (exact) mass is 278 g/mol. The van der Waals surface area contributed by atoms with Gasteiger partial charge in [-0.2, -0.15) is 0 Å². The summed E-state index contributed by atoms with van der Waals surface area (Å²) in [4.78, 5) is 33.9. The predicted octanol–water partition coefficient (Wildman–Crippen LogP) is 1.16. The van der Waals surface area contributed by atoms with Gasteiger partial charge in [0.2, 0.25) is 5.91 Å². The minimum Gasteiger partial charge on any atom is -0.480 e. The number of aliphatic carboxylic acids is 1. The number of unbranched alkanes of at least 4 members (excludes halogenated alkanes) is 1. The standard InChI is InChI=1S/C14H18N2O4/c1-2-3-4-11(14(19)20)16-13(18)10-7-5-9(6-8-10)12(15)17/h5-8,11H,2-4H2,1H3,(H2,15,17)(H,16,18)(H,19,20). The first-order valence-corrected chi connectivity index (χ1v) is 6.39. The molecule has 1 unspecified atom stereocenters. The Kier molecular flexibility index (Phi) is 5.71. The molecule has 6 nitrogen and oxygen atoms in total. The fraction of sp³-hybridized carbons (Fsp3) is 0.357. The Bertz CT molecular complexity index is 496. The zero-order valence-corrected chi connectivity index (χ0v) is 11.3. The lowest BCUT2D eigenvalue weighted by molar-refractivity contribution is -0.139. The van der Waals surface area contributed by atoms with Crippen LogP contribution in [-0.4, -0.2) is 28.9 Å². The van der Waals surface area contributed by atoms with E-state index in [0.717, 1.165) is 12.8 Å². The fourth-order valence-electron chi connectivity index (χ4n) is 1.69. The Labute approximate surface area is 117 Å². The molecular weight excluding hydrogens is 260 g/mol. The molecule has 0 aromatic heterocycles. The van der Waals surface area contributed by atoms with Gasteiger partial charge in [0.15, 0.2) is 0 Å². The number of nitrogens with one attached hydrogen (secondary N) is 1. The maximum Gasteiger partial charge on any atom is 0.326 e. The minimum absolute atomic E-state index is 0.290. The molecule has 2 amide bonds. The molecule has 0 bridgehead atoms. The molecule has 20 heavy (non-hydrogen) atoms. The Hall–Kier alpha value is -2.37. The molecule has 0 radical (unpaired) electrons. The van der Waals surface area contributed by atoms with Crippen LogP contribution in [0.2, 0.25) is 0 Å². The van der Waals surface area contributed by atoms with Crippen molar-refractivity contribution in [3.8, 4) is 0 Å². The molecule has 0 heterocycles. The highest BCUT2D eigenvalue weighted by atomic mass is 16.4. The molecule has 0 aliphatic carbocycles. The van der Waals surface area contributed by atoms with Gasteiger partial charge in [0.05, 0.1) is 0 Å². The highest BCUT2D eigenvalue weighted by Gasteiger charge is 2.19. The quantitative estimate of drug-likeness (QED) is 0.695. The van der Waals surface area contributed by atoms with Crippen LogP contribution in [0.4, 0.5) is 0 Å². The number of hydrogen-bond acceptors (Lipinski definition) is 3. The molecule has 0 saturated heterocycles. The highest BCUT2D eigenvalue weighted by Crippen LogP contribution is 2.06. The van der Waals surface area contributed by atoms with Crippen LogP contribution < -0.4 is 11.1 Å². The smallest absolute Gasteiger partial charge is 0.326 e. The van der Waals surface area contributed by atoms with Gasteiger partial charge in [-0.05, 0) is 30.7 Å². The molecular formula is C14H18N2O4. The fourth-order valence-corrected chi connectivity index (χ4v) is 1.69. The Morgan fingerprint density at radius 2 is 1.75 bits per heavy atom. The molecule has 108 valence electrons. The predicted molar refractivity (Wildman–Crippen MR) is 73.4 cm³/mol. The molecule has 0 saturated carbocycles. The average molecular weight is 278 g/mol. The van der Waals surface area contributed by atoms with Gasteiger partial charge in [-0.25, -0.2) is 4.79 Å². The second kappa shape index (κ2) is 7.28. The lowest BCUT2D eigenvalue weighted by Crippen LogP contribution is -2.40. The molecule has 0 aliphatic rings. The van der Waals surface area contributed by atoms with E-state index >= 15 is 0 Å². The Balaban J connectivity index is 2.73. The van der Waals surface area contributed by atoms with Crippen molar-refractivity contribution in [2.75, 3.05) is 0 Å². The van der Waals surface area contributed by atoms with Crippen LogP contribution in [0.15, 0.2) is 24.3 Å². The van der Waals surface area contributed by atoms with E-state index in [9.17, 15) is 14.4 Å². The molecule has 0 fully saturated rings. The molecule has 0 aliphatic heterocycles. The van der Waals surface area contributed by atoms with Gasteiger partial charge < -0.3 is 16.2 Å². The number of carboxylic acids is 1. The van der Waals surface area contributed by atoms with Gasteiger partial charge in [-0.15, -0.1) is 0 Å². The highest BCUT2D eigenvalue weighted by molar-refractivity contribution is 5.98. The number of primary amides is 1. The van der Waals surface area contributed by atoms with Gasteiger partial charge in [0.25, 0.3) is 5.91 Å². The van der Waals surface area contributed by atoms with Crippen LogP contribution in [0, 0.1) is 0 Å². The second-order valence-corrected chi connectivity index (χ2v) is 4.45. The van der Waals surface area contributed by atoms with Crippen molar-refractivity contribution in [3.05, 3.63) is 35.4 Å². The van der Waals surface area contributed by atoms with Crippen LogP contribution in [0.5, 0.6) is 0 Å². The third kappa shape index (κ3) is 4.38. The van der Waals surface area contributed by atoms with Crippen LogP contribution in [0.1, 0.15) is 46.9 Å². The zero-order chi connectivity index (χ0) is 15.1. The molecule has 1 rings (SSSR count). The third-order valence-corrected chi connectivity index (χ3v) is 2.88. The molecule has 1 aromatic rings. The van der Waals surface area contributed by atoms with E-state index in [1.165, 1.54) is 24.3 Å².